The summed E-state index contributed by atoms with van der Waals surface area (Å²) in [6.07, 6.45) is 6.06. The number of fused-ring (bicyclic) bond motifs is 1. The Morgan fingerprint density at radius 2 is 1.96 bits per heavy atom. The van der Waals surface area contributed by atoms with E-state index in [1.165, 1.54) is 0 Å². The number of hydrogen-bond acceptors (Lipinski definition) is 2. The molecule has 0 aliphatic heterocycles. The third-order valence-corrected chi connectivity index (χ3v) is 6.17. The van der Waals surface area contributed by atoms with Crippen LogP contribution < -0.4 is 5.56 Å². The third-order valence-electron chi connectivity index (χ3n) is 5.71. The van der Waals surface area contributed by atoms with Crippen molar-refractivity contribution in [1.82, 2.24) is 14.9 Å². The Hall–Kier alpha value is -2.34. The maximum Gasteiger partial charge on any atom is 0.255 e. The van der Waals surface area contributed by atoms with Crippen molar-refractivity contribution < 1.29 is 4.79 Å². The number of aromatic amines is 2. The fourth-order valence-corrected chi connectivity index (χ4v) is 4.75. The van der Waals surface area contributed by atoms with Gasteiger partial charge < -0.3 is 14.9 Å². The van der Waals surface area contributed by atoms with Crippen LogP contribution in [0.2, 0.25) is 0 Å². The lowest BCUT2D eigenvalue weighted by Crippen LogP contribution is -2.40. The molecule has 1 aliphatic carbocycles. The van der Waals surface area contributed by atoms with Gasteiger partial charge in [-0.2, -0.15) is 0 Å². The van der Waals surface area contributed by atoms with Crippen LogP contribution in [0.5, 0.6) is 0 Å². The van der Waals surface area contributed by atoms with Crippen molar-refractivity contribution in [2.45, 2.75) is 52.1 Å². The van der Waals surface area contributed by atoms with E-state index in [0.717, 1.165) is 52.3 Å². The standard InChI is InChI=1S/C22H24BrN3O2/c1-13-9-14(2)25-21(27)19(13)12-26(16-5-3-4-6-16)22(28)18-10-15(23)11-20-17(18)7-8-24-20/h7-11,16,24H,3-6,12H2,1-2H3,(H,25,27). The Kier molecular flexibility index (Phi) is 5.15. The van der Waals surface area contributed by atoms with Gasteiger partial charge in [0.05, 0.1) is 12.1 Å². The number of aromatic nitrogens is 2. The van der Waals surface area contributed by atoms with E-state index in [1.807, 2.05) is 49.2 Å². The van der Waals surface area contributed by atoms with E-state index in [9.17, 15) is 9.59 Å². The van der Waals surface area contributed by atoms with E-state index in [0.29, 0.717) is 17.7 Å². The normalized spacial score (nSPS) is 14.7. The maximum absolute atomic E-state index is 13.7. The van der Waals surface area contributed by atoms with Gasteiger partial charge in [0.15, 0.2) is 0 Å². The summed E-state index contributed by atoms with van der Waals surface area (Å²) < 4.78 is 0.863. The number of carbonyl (C=O) groups excluding carboxylic acids is 1. The van der Waals surface area contributed by atoms with E-state index in [2.05, 4.69) is 25.9 Å². The summed E-state index contributed by atoms with van der Waals surface area (Å²) in [5.41, 5.74) is 3.93. The first-order valence-corrected chi connectivity index (χ1v) is 10.5. The van der Waals surface area contributed by atoms with Gasteiger partial charge in [-0.3, -0.25) is 9.59 Å². The number of rotatable bonds is 4. The van der Waals surface area contributed by atoms with Gasteiger partial charge in [0.1, 0.15) is 0 Å². The molecule has 4 rings (SSSR count). The van der Waals surface area contributed by atoms with E-state index in [4.69, 9.17) is 0 Å². The van der Waals surface area contributed by atoms with Crippen molar-refractivity contribution in [3.8, 4) is 0 Å². The number of carbonyl (C=O) groups is 1. The molecule has 0 saturated heterocycles. The second-order valence-corrected chi connectivity index (χ2v) is 8.62. The first-order chi connectivity index (χ1) is 13.4. The smallest absolute Gasteiger partial charge is 0.255 e. The zero-order chi connectivity index (χ0) is 19.8. The summed E-state index contributed by atoms with van der Waals surface area (Å²) >= 11 is 3.52. The van der Waals surface area contributed by atoms with Gasteiger partial charge in [0.25, 0.3) is 11.5 Å². The second-order valence-electron chi connectivity index (χ2n) is 7.71. The zero-order valence-electron chi connectivity index (χ0n) is 16.1. The molecule has 1 amide bonds. The van der Waals surface area contributed by atoms with Gasteiger partial charge >= 0.3 is 0 Å². The molecule has 5 nitrogen and oxygen atoms in total. The Balaban J connectivity index is 1.77. The molecular formula is C22H24BrN3O2. The number of halogens is 1. The van der Waals surface area contributed by atoms with E-state index >= 15 is 0 Å². The molecule has 0 spiro atoms. The first-order valence-electron chi connectivity index (χ1n) is 9.71. The van der Waals surface area contributed by atoms with Crippen LogP contribution in [-0.2, 0) is 6.54 Å². The van der Waals surface area contributed by atoms with Crippen molar-refractivity contribution >= 4 is 32.7 Å². The first kappa shape index (κ1) is 19.0. The van der Waals surface area contributed by atoms with Crippen LogP contribution in [0.25, 0.3) is 10.9 Å². The average molecular weight is 442 g/mol. The van der Waals surface area contributed by atoms with Crippen LogP contribution in [0.3, 0.4) is 0 Å². The Morgan fingerprint density at radius 3 is 2.68 bits per heavy atom. The molecule has 0 radical (unpaired) electrons. The molecule has 0 bridgehead atoms. The number of nitrogens with zero attached hydrogens (tertiary/aromatic N) is 1. The molecule has 146 valence electrons. The lowest BCUT2D eigenvalue weighted by atomic mass is 10.0. The molecule has 1 fully saturated rings. The van der Waals surface area contributed by atoms with Crippen molar-refractivity contribution in [2.75, 3.05) is 0 Å². The average Bonchev–Trinajstić information content (AvgIpc) is 3.31. The van der Waals surface area contributed by atoms with Crippen molar-refractivity contribution in [1.29, 1.82) is 0 Å². The number of amides is 1. The zero-order valence-corrected chi connectivity index (χ0v) is 17.7. The minimum atomic E-state index is -0.102. The van der Waals surface area contributed by atoms with Crippen molar-refractivity contribution in [3.05, 3.63) is 67.7 Å². The van der Waals surface area contributed by atoms with Crippen LogP contribution in [0, 0.1) is 13.8 Å². The second kappa shape index (κ2) is 7.59. The molecule has 2 N–H and O–H groups in total. The van der Waals surface area contributed by atoms with Crippen LogP contribution >= 0.6 is 15.9 Å². The highest BCUT2D eigenvalue weighted by atomic mass is 79.9. The summed E-state index contributed by atoms with van der Waals surface area (Å²) in [6, 6.07) is 7.93. The van der Waals surface area contributed by atoms with Gasteiger partial charge in [-0.1, -0.05) is 28.8 Å². The highest BCUT2D eigenvalue weighted by Crippen LogP contribution is 2.30. The Labute approximate surface area is 172 Å². The fourth-order valence-electron chi connectivity index (χ4n) is 4.29. The highest BCUT2D eigenvalue weighted by Gasteiger charge is 2.30. The molecule has 2 aromatic heterocycles. The fraction of sp³-hybridized carbons (Fsp3) is 0.364. The van der Waals surface area contributed by atoms with Gasteiger partial charge in [-0.15, -0.1) is 0 Å². The SMILES string of the molecule is Cc1cc(C)c(CN(C(=O)c2cc(Br)cc3[nH]ccc23)C2CCCC2)c(=O)[nH]1. The summed E-state index contributed by atoms with van der Waals surface area (Å²) in [6.45, 7) is 4.16. The number of benzene rings is 1. The predicted octanol–water partition coefficient (Wildman–Crippen LogP) is 4.82. The lowest BCUT2D eigenvalue weighted by molar-refractivity contribution is 0.0665. The monoisotopic (exact) mass is 441 g/mol. The number of nitrogens with one attached hydrogen (secondary N) is 2. The lowest BCUT2D eigenvalue weighted by Gasteiger charge is -2.30. The topological polar surface area (TPSA) is 69.0 Å². The van der Waals surface area contributed by atoms with Crippen LogP contribution in [0.1, 0.15) is 52.9 Å². The van der Waals surface area contributed by atoms with Crippen molar-refractivity contribution in [2.24, 2.45) is 0 Å². The summed E-state index contributed by atoms with van der Waals surface area (Å²) in [5.74, 6) is -0.0165. The van der Waals surface area contributed by atoms with E-state index in [-0.39, 0.29) is 17.5 Å². The van der Waals surface area contributed by atoms with Gasteiger partial charge in [-0.25, -0.2) is 0 Å². The van der Waals surface area contributed by atoms with Crippen LogP contribution in [-0.4, -0.2) is 26.8 Å². The quantitative estimate of drug-likeness (QED) is 0.608. The molecule has 6 heteroatoms. The molecule has 3 aromatic rings. The summed E-state index contributed by atoms with van der Waals surface area (Å²) in [4.78, 5) is 34.2. The van der Waals surface area contributed by atoms with E-state index < -0.39 is 0 Å². The minimum Gasteiger partial charge on any atom is -0.361 e. The third kappa shape index (κ3) is 3.53. The summed E-state index contributed by atoms with van der Waals surface area (Å²) in [5, 5.41) is 0.908. The number of hydrogen-bond donors (Lipinski definition) is 2. The Bertz CT molecular complexity index is 1090. The molecule has 1 aliphatic rings. The minimum absolute atomic E-state index is 0.0165. The van der Waals surface area contributed by atoms with Crippen LogP contribution in [0.4, 0.5) is 0 Å². The highest BCUT2D eigenvalue weighted by molar-refractivity contribution is 9.10. The predicted molar refractivity (Wildman–Crippen MR) is 115 cm³/mol. The molecule has 0 unspecified atom stereocenters. The summed E-state index contributed by atoms with van der Waals surface area (Å²) in [7, 11) is 0. The van der Waals surface area contributed by atoms with E-state index in [1.54, 1.807) is 0 Å². The molecular weight excluding hydrogens is 418 g/mol. The number of pyridine rings is 1. The Morgan fingerprint density at radius 1 is 1.21 bits per heavy atom. The molecule has 1 saturated carbocycles. The van der Waals surface area contributed by atoms with Gasteiger partial charge in [-0.05, 0) is 56.5 Å². The van der Waals surface area contributed by atoms with Crippen molar-refractivity contribution in [3.63, 3.8) is 0 Å². The molecule has 1 aromatic carbocycles. The van der Waals surface area contributed by atoms with Gasteiger partial charge in [0.2, 0.25) is 0 Å². The number of aryl methyl sites for hydroxylation is 2. The molecule has 0 atom stereocenters. The molecule has 2 heterocycles. The largest absolute Gasteiger partial charge is 0.361 e. The number of H-pyrrole nitrogens is 2. The van der Waals surface area contributed by atoms with Gasteiger partial charge in [0, 0.05) is 38.9 Å². The molecule has 28 heavy (non-hydrogen) atoms. The van der Waals surface area contributed by atoms with Crippen LogP contribution in [0.15, 0.2) is 39.7 Å². The maximum atomic E-state index is 13.7.